The summed E-state index contributed by atoms with van der Waals surface area (Å²) in [7, 11) is 8.05. The van der Waals surface area contributed by atoms with Gasteiger partial charge in [-0.1, -0.05) is 6.92 Å². The number of hydrazone groups is 2. The summed E-state index contributed by atoms with van der Waals surface area (Å²) in [5, 5.41) is 15.7. The average molecular weight is 389 g/mol. The molecule has 10 heteroatoms. The highest BCUT2D eigenvalue weighted by molar-refractivity contribution is 7.80. The second-order valence-corrected chi connectivity index (χ2v) is 6.77. The highest BCUT2D eigenvalue weighted by atomic mass is 32.1. The summed E-state index contributed by atoms with van der Waals surface area (Å²) in [5.74, 6) is 0. The molecule has 0 unspecified atom stereocenters. The topological polar surface area (TPSA) is 79.3 Å². The van der Waals surface area contributed by atoms with Crippen LogP contribution in [-0.4, -0.2) is 85.8 Å². The molecule has 0 radical (unpaired) electrons. The molecule has 4 N–H and O–H groups in total. The summed E-state index contributed by atoms with van der Waals surface area (Å²) in [6.45, 7) is 7.20. The highest BCUT2D eigenvalue weighted by Gasteiger charge is 2.03. The summed E-state index contributed by atoms with van der Waals surface area (Å²) >= 11 is 10.4. The van der Waals surface area contributed by atoms with Crippen LogP contribution in [0.1, 0.15) is 20.3 Å². The number of hydrogen-bond acceptors (Lipinski definition) is 6. The van der Waals surface area contributed by atoms with Crippen molar-refractivity contribution in [3.8, 4) is 0 Å². The number of nitrogens with one attached hydrogen (secondary N) is 4. The van der Waals surface area contributed by atoms with Crippen LogP contribution in [0.3, 0.4) is 0 Å². The largest absolute Gasteiger partial charge is 0.360 e. The maximum atomic E-state index is 5.20. The molecule has 0 saturated carbocycles. The minimum absolute atomic E-state index is 0.491. The Kier molecular flexibility index (Phi) is 13.1. The van der Waals surface area contributed by atoms with Crippen LogP contribution < -0.4 is 21.5 Å². The molecule has 0 atom stereocenters. The molecule has 25 heavy (non-hydrogen) atoms. The predicted octanol–water partition coefficient (Wildman–Crippen LogP) is 0.180. The molecule has 0 aliphatic heterocycles. The molecule has 0 fully saturated rings. The lowest BCUT2D eigenvalue weighted by Gasteiger charge is -2.13. The first-order valence-corrected chi connectivity index (χ1v) is 9.06. The van der Waals surface area contributed by atoms with Crippen LogP contribution in [0.2, 0.25) is 0 Å². The van der Waals surface area contributed by atoms with Crippen LogP contribution >= 0.6 is 24.4 Å². The third kappa shape index (κ3) is 13.6. The molecule has 144 valence electrons. The zero-order valence-electron chi connectivity index (χ0n) is 16.1. The minimum Gasteiger partial charge on any atom is -0.360 e. The van der Waals surface area contributed by atoms with E-state index in [1.165, 1.54) is 0 Å². The first-order chi connectivity index (χ1) is 11.8. The molecular weight excluding hydrogens is 356 g/mol. The Balaban J connectivity index is 4.35. The van der Waals surface area contributed by atoms with Crippen molar-refractivity contribution in [2.24, 2.45) is 10.2 Å². The van der Waals surface area contributed by atoms with Crippen LogP contribution in [0.4, 0.5) is 0 Å². The van der Waals surface area contributed by atoms with Crippen LogP contribution in [0, 0.1) is 0 Å². The summed E-state index contributed by atoms with van der Waals surface area (Å²) < 4.78 is 0. The van der Waals surface area contributed by atoms with Crippen molar-refractivity contribution in [3.05, 3.63) is 0 Å². The molecule has 8 nitrogen and oxygen atoms in total. The van der Waals surface area contributed by atoms with Gasteiger partial charge in [0.15, 0.2) is 10.2 Å². The molecule has 0 rings (SSSR count). The van der Waals surface area contributed by atoms with Gasteiger partial charge in [0.2, 0.25) is 0 Å². The van der Waals surface area contributed by atoms with Gasteiger partial charge in [0.25, 0.3) is 0 Å². The fraction of sp³-hybridized carbons (Fsp3) is 0.733. The van der Waals surface area contributed by atoms with E-state index < -0.39 is 0 Å². The fourth-order valence-corrected chi connectivity index (χ4v) is 1.89. The minimum atomic E-state index is 0.491. The molecular formula is C15H32N8S2. The van der Waals surface area contributed by atoms with Gasteiger partial charge >= 0.3 is 0 Å². The van der Waals surface area contributed by atoms with Crippen molar-refractivity contribution in [1.29, 1.82) is 0 Å². The molecule has 0 heterocycles. The summed E-state index contributed by atoms with van der Waals surface area (Å²) in [6, 6.07) is 0. The molecule has 0 aliphatic carbocycles. The predicted molar refractivity (Wildman–Crippen MR) is 115 cm³/mol. The number of hydrogen-bond donors (Lipinski definition) is 4. The first-order valence-electron chi connectivity index (χ1n) is 8.24. The van der Waals surface area contributed by atoms with E-state index in [1.54, 1.807) is 0 Å². The Bertz CT molecular complexity index is 474. The first kappa shape index (κ1) is 23.6. The molecule has 0 spiro atoms. The average Bonchev–Trinajstić information content (AvgIpc) is 2.52. The molecule has 0 saturated heterocycles. The van der Waals surface area contributed by atoms with Gasteiger partial charge in [-0.2, -0.15) is 10.2 Å². The van der Waals surface area contributed by atoms with E-state index in [0.29, 0.717) is 10.2 Å². The third-order valence-electron chi connectivity index (χ3n) is 3.06. The van der Waals surface area contributed by atoms with E-state index in [9.17, 15) is 0 Å². The van der Waals surface area contributed by atoms with Gasteiger partial charge in [-0.25, -0.2) is 0 Å². The standard InChI is InChI=1S/C15H32N8S2/c1-7-13(19-21-15(25)17-9-11-23(5)6)12(2)18-20-14(24)16-8-10-22(3)4/h7-11H2,1-6H3,(H2,16,20,24)(H2,17,21,25)/b18-12-,19-13-. The number of likely N-dealkylation sites (N-methyl/N-ethyl adjacent to an activating group) is 2. The van der Waals surface area contributed by atoms with Crippen molar-refractivity contribution < 1.29 is 0 Å². The number of nitrogens with zero attached hydrogens (tertiary/aromatic N) is 4. The van der Waals surface area contributed by atoms with Gasteiger partial charge in [0, 0.05) is 26.2 Å². The van der Waals surface area contributed by atoms with Crippen LogP contribution in [0.5, 0.6) is 0 Å². The molecule has 0 amide bonds. The summed E-state index contributed by atoms with van der Waals surface area (Å²) in [5.41, 5.74) is 7.24. The van der Waals surface area contributed by atoms with E-state index in [-0.39, 0.29) is 0 Å². The van der Waals surface area contributed by atoms with Gasteiger partial charge in [0.05, 0.1) is 11.4 Å². The lowest BCUT2D eigenvalue weighted by atomic mass is 10.2. The van der Waals surface area contributed by atoms with Gasteiger partial charge < -0.3 is 20.4 Å². The Hall–Kier alpha value is -1.36. The summed E-state index contributed by atoms with van der Waals surface area (Å²) in [4.78, 5) is 4.15. The van der Waals surface area contributed by atoms with E-state index in [2.05, 4.69) is 41.5 Å². The van der Waals surface area contributed by atoms with Crippen molar-refractivity contribution in [2.45, 2.75) is 20.3 Å². The highest BCUT2D eigenvalue weighted by Crippen LogP contribution is 1.90. The van der Waals surface area contributed by atoms with Crippen LogP contribution in [-0.2, 0) is 0 Å². The van der Waals surface area contributed by atoms with E-state index in [0.717, 1.165) is 44.0 Å². The van der Waals surface area contributed by atoms with Crippen molar-refractivity contribution >= 4 is 46.1 Å². The SMILES string of the molecule is CCC(=N/NC(=S)NCCN(C)C)/C(C)=N\NC(=S)NCCN(C)C. The van der Waals surface area contributed by atoms with Gasteiger partial charge in [0.1, 0.15) is 0 Å². The zero-order chi connectivity index (χ0) is 19.2. The number of rotatable bonds is 10. The van der Waals surface area contributed by atoms with Crippen molar-refractivity contribution in [2.75, 3.05) is 54.4 Å². The molecule has 0 bridgehead atoms. The fourth-order valence-electron chi connectivity index (χ4n) is 1.60. The molecule has 0 aromatic heterocycles. The maximum Gasteiger partial charge on any atom is 0.187 e. The van der Waals surface area contributed by atoms with Gasteiger partial charge in [-0.05, 0) is 66.0 Å². The normalized spacial score (nSPS) is 12.3. The van der Waals surface area contributed by atoms with Crippen molar-refractivity contribution in [3.63, 3.8) is 0 Å². The van der Waals surface area contributed by atoms with E-state index in [1.807, 2.05) is 42.0 Å². The van der Waals surface area contributed by atoms with Crippen LogP contribution in [0.25, 0.3) is 0 Å². The smallest absolute Gasteiger partial charge is 0.187 e. The number of thiocarbonyl (C=S) groups is 2. The Morgan fingerprint density at radius 3 is 1.68 bits per heavy atom. The zero-order valence-corrected chi connectivity index (χ0v) is 17.8. The monoisotopic (exact) mass is 388 g/mol. The molecule has 0 aromatic rings. The van der Waals surface area contributed by atoms with Gasteiger partial charge in [-0.15, -0.1) is 0 Å². The molecule has 0 aromatic carbocycles. The second-order valence-electron chi connectivity index (χ2n) is 5.95. The Morgan fingerprint density at radius 2 is 1.28 bits per heavy atom. The van der Waals surface area contributed by atoms with Gasteiger partial charge in [-0.3, -0.25) is 10.9 Å². The lowest BCUT2D eigenvalue weighted by Crippen LogP contribution is -2.38. The van der Waals surface area contributed by atoms with Crippen LogP contribution in [0.15, 0.2) is 10.2 Å². The quantitative estimate of drug-likeness (QED) is 0.240. The van der Waals surface area contributed by atoms with E-state index >= 15 is 0 Å². The Labute approximate surface area is 162 Å². The second kappa shape index (κ2) is 13.9. The lowest BCUT2D eigenvalue weighted by molar-refractivity contribution is 0.412. The maximum absolute atomic E-state index is 5.20. The summed E-state index contributed by atoms with van der Waals surface area (Å²) in [6.07, 6.45) is 0.727. The third-order valence-corrected chi connectivity index (χ3v) is 3.53. The molecule has 0 aliphatic rings. The van der Waals surface area contributed by atoms with Crippen molar-refractivity contribution in [1.82, 2.24) is 31.3 Å². The van der Waals surface area contributed by atoms with E-state index in [4.69, 9.17) is 24.4 Å². The Morgan fingerprint density at radius 1 is 0.840 bits per heavy atom.